The van der Waals surface area contributed by atoms with Gasteiger partial charge in [-0.1, -0.05) is 0 Å². The van der Waals surface area contributed by atoms with E-state index in [0.717, 1.165) is 0 Å². The summed E-state index contributed by atoms with van der Waals surface area (Å²) in [6.07, 6.45) is 15.0. The van der Waals surface area contributed by atoms with Crippen LogP contribution in [-0.4, -0.2) is 0 Å². The first-order chi connectivity index (χ1) is 2.41. The maximum atomic E-state index is 5.96. The maximum Gasteiger partial charge on any atom is 0 e. The second-order valence-corrected chi connectivity index (χ2v) is 0.250. The van der Waals surface area contributed by atoms with Crippen molar-refractivity contribution in [2.75, 3.05) is 0 Å². The van der Waals surface area contributed by atoms with Gasteiger partial charge in [0.05, 0.1) is 0 Å². The van der Waals surface area contributed by atoms with Crippen molar-refractivity contribution in [1.82, 2.24) is 0 Å². The van der Waals surface area contributed by atoms with Gasteiger partial charge in [0.15, 0.2) is 0 Å². The fraction of sp³-hybridized carbons (Fsp3) is 0.200. The zero-order valence-electron chi connectivity index (χ0n) is 3.89. The van der Waals surface area contributed by atoms with Crippen LogP contribution in [0.1, 0.15) is 6.92 Å². The van der Waals surface area contributed by atoms with Gasteiger partial charge in [0.25, 0.3) is 0 Å². The van der Waals surface area contributed by atoms with Crippen LogP contribution in [0.15, 0.2) is 0 Å². The quantitative estimate of drug-likeness (QED) is 0.393. The van der Waals surface area contributed by atoms with E-state index in [1.54, 1.807) is 6.92 Å². The third-order valence-electron chi connectivity index (χ3n) is 0. The molecule has 0 aliphatic rings. The van der Waals surface area contributed by atoms with Crippen LogP contribution in [0.2, 0.25) is 0 Å². The second-order valence-electron chi connectivity index (χ2n) is 0.250. The maximum absolute atomic E-state index is 5.96. The molecule has 0 heterocycles. The molecule has 0 bridgehead atoms. The van der Waals surface area contributed by atoms with Gasteiger partial charge in [0.2, 0.25) is 0 Å². The van der Waals surface area contributed by atoms with E-state index < -0.39 is 0 Å². The monoisotopic (exact) mass is 432 g/mol. The summed E-state index contributed by atoms with van der Waals surface area (Å²) in [5.41, 5.74) is 0. The molecule has 7 heavy (non-hydrogen) atoms. The van der Waals surface area contributed by atoms with Gasteiger partial charge in [-0.15, -0.1) is 0 Å². The van der Waals surface area contributed by atoms with Crippen LogP contribution < -0.4 is 0 Å². The summed E-state index contributed by atoms with van der Waals surface area (Å²) in [5.74, 6) is 2.00. The zero-order chi connectivity index (χ0) is 4.71. The molecule has 0 saturated carbocycles. The summed E-state index contributed by atoms with van der Waals surface area (Å²) in [7, 11) is 0. The number of hydrogen-bond acceptors (Lipinski definition) is 0. The Labute approximate surface area is 74.0 Å². The van der Waals surface area contributed by atoms with Crippen LogP contribution in [0.3, 0.4) is 0 Å². The molecule has 0 rings (SSSR count). The molecule has 0 radical (unpaired) electrons. The molecule has 0 aromatic rings. The summed E-state index contributed by atoms with van der Waals surface area (Å²) < 4.78 is 0. The standard InChI is InChI=1S/C3H3.C2H.2W/c1-3-2;1-2;;/h1H3;1H;;/q2*-1;;. The molecule has 0 saturated heterocycles. The summed E-state index contributed by atoms with van der Waals surface area (Å²) in [4.78, 5) is 0. The molecule has 0 unspecified atom stereocenters. The summed E-state index contributed by atoms with van der Waals surface area (Å²) in [5, 5.41) is 0. The molecular formula is C5H4W2-2. The predicted octanol–water partition coefficient (Wildman–Crippen LogP) is 0.797. The SMILES string of the molecule is [C-]#C.[C-]#CC.[W].[W]. The first-order valence-corrected chi connectivity index (χ1v) is 1.04. The van der Waals surface area contributed by atoms with Crippen molar-refractivity contribution in [1.29, 1.82) is 0 Å². The van der Waals surface area contributed by atoms with Crippen LogP contribution in [0.4, 0.5) is 0 Å². The van der Waals surface area contributed by atoms with Gasteiger partial charge < -0.3 is 25.2 Å². The van der Waals surface area contributed by atoms with Crippen molar-refractivity contribution in [2.24, 2.45) is 0 Å². The minimum absolute atomic E-state index is 0. The van der Waals surface area contributed by atoms with Crippen LogP contribution in [0.25, 0.3) is 0 Å². The van der Waals surface area contributed by atoms with Crippen molar-refractivity contribution in [2.45, 2.75) is 6.92 Å². The van der Waals surface area contributed by atoms with Gasteiger partial charge >= 0.3 is 0 Å². The van der Waals surface area contributed by atoms with Crippen molar-refractivity contribution >= 4 is 0 Å². The fourth-order valence-corrected chi connectivity index (χ4v) is 0. The first-order valence-electron chi connectivity index (χ1n) is 1.04. The minimum Gasteiger partial charge on any atom is -0.697 e. The van der Waals surface area contributed by atoms with Gasteiger partial charge in [-0.25, -0.2) is 0 Å². The second kappa shape index (κ2) is 87.6. The largest absolute Gasteiger partial charge is 0.697 e. The summed E-state index contributed by atoms with van der Waals surface area (Å²) >= 11 is 0. The van der Waals surface area contributed by atoms with Gasteiger partial charge in [-0.3, -0.25) is 0 Å². The number of terminal acetylenes is 1. The Bertz CT molecular complexity index is 48.8. The van der Waals surface area contributed by atoms with Crippen molar-refractivity contribution in [3.05, 3.63) is 12.8 Å². The zero-order valence-corrected chi connectivity index (χ0v) is 9.76. The Morgan fingerprint density at radius 1 is 1.29 bits per heavy atom. The van der Waals surface area contributed by atoms with Crippen molar-refractivity contribution in [3.8, 4) is 12.3 Å². The average Bonchev–Trinajstić information content (AvgIpc) is 1.46. The number of hydrogen-bond donors (Lipinski definition) is 0. The van der Waals surface area contributed by atoms with E-state index in [1.165, 1.54) is 0 Å². The molecule has 0 aliphatic carbocycles. The summed E-state index contributed by atoms with van der Waals surface area (Å²) in [6, 6.07) is 0. The van der Waals surface area contributed by atoms with E-state index in [9.17, 15) is 0 Å². The molecule has 0 aromatic heterocycles. The first kappa shape index (κ1) is 25.9. The average molecular weight is 432 g/mol. The fourth-order valence-electron chi connectivity index (χ4n) is 0. The van der Waals surface area contributed by atoms with Crippen molar-refractivity contribution in [3.63, 3.8) is 0 Å². The Hall–Kier alpha value is 0.497. The molecular weight excluding hydrogens is 428 g/mol. The normalized spacial score (nSPS) is 1.43. The molecule has 0 atom stereocenters. The molecule has 0 spiro atoms. The van der Waals surface area contributed by atoms with E-state index in [-0.39, 0.29) is 42.1 Å². The smallest absolute Gasteiger partial charge is 0 e. The van der Waals surface area contributed by atoms with E-state index in [4.69, 9.17) is 12.8 Å². The molecule has 0 fully saturated rings. The Morgan fingerprint density at radius 2 is 1.29 bits per heavy atom. The van der Waals surface area contributed by atoms with E-state index >= 15 is 0 Å². The third-order valence-corrected chi connectivity index (χ3v) is 0. The van der Waals surface area contributed by atoms with Crippen molar-refractivity contribution < 1.29 is 42.1 Å². The molecule has 0 aromatic carbocycles. The van der Waals surface area contributed by atoms with Crippen LogP contribution in [0.5, 0.6) is 0 Å². The summed E-state index contributed by atoms with van der Waals surface area (Å²) in [6.45, 7) is 1.54. The molecule has 0 nitrogen and oxygen atoms in total. The van der Waals surface area contributed by atoms with Crippen LogP contribution in [0, 0.1) is 25.2 Å². The van der Waals surface area contributed by atoms with Gasteiger partial charge in [-0.05, 0) is 6.92 Å². The Kier molecular flexibility index (Phi) is 324. The third kappa shape index (κ3) is 533. The van der Waals surface area contributed by atoms with E-state index in [1.807, 2.05) is 5.92 Å². The molecule has 2 heteroatoms. The Balaban J connectivity index is -0.0000000105. The minimum atomic E-state index is 0. The Morgan fingerprint density at radius 3 is 1.29 bits per heavy atom. The van der Waals surface area contributed by atoms with E-state index in [2.05, 4.69) is 6.42 Å². The molecule has 0 N–H and O–H groups in total. The van der Waals surface area contributed by atoms with Gasteiger partial charge in [0, 0.05) is 42.1 Å². The molecule has 0 amide bonds. The molecule has 0 aliphatic heterocycles. The van der Waals surface area contributed by atoms with Gasteiger partial charge in [-0.2, -0.15) is 0 Å². The van der Waals surface area contributed by atoms with Gasteiger partial charge in [0.1, 0.15) is 0 Å². The number of rotatable bonds is 0. The topological polar surface area (TPSA) is 0 Å². The predicted molar refractivity (Wildman–Crippen MR) is 21.0 cm³/mol. The van der Waals surface area contributed by atoms with Crippen LogP contribution in [-0.2, 0) is 42.1 Å². The van der Waals surface area contributed by atoms with E-state index in [0.29, 0.717) is 0 Å². The van der Waals surface area contributed by atoms with Crippen LogP contribution >= 0.6 is 0 Å². The molecule has 38 valence electrons.